The molecule has 0 saturated carbocycles. The van der Waals surface area contributed by atoms with Gasteiger partial charge in [0.1, 0.15) is 5.60 Å². The minimum atomic E-state index is -1.04. The van der Waals surface area contributed by atoms with Crippen molar-refractivity contribution in [3.05, 3.63) is 34.9 Å². The number of piperidine rings is 1. The molecule has 2 unspecified atom stereocenters. The first-order valence-electron chi connectivity index (χ1n) is 6.54. The smallest absolute Gasteiger partial charge is 0.220 e. The summed E-state index contributed by atoms with van der Waals surface area (Å²) in [5.74, 6) is -0.0545. The van der Waals surface area contributed by atoms with Gasteiger partial charge in [-0.15, -0.1) is 0 Å². The van der Waals surface area contributed by atoms with Gasteiger partial charge in [-0.2, -0.15) is 0 Å². The van der Waals surface area contributed by atoms with Crippen molar-refractivity contribution in [2.45, 2.75) is 31.4 Å². The maximum Gasteiger partial charge on any atom is 0.220 e. The minimum absolute atomic E-state index is 0.0545. The highest BCUT2D eigenvalue weighted by atomic mass is 35.5. The van der Waals surface area contributed by atoms with Gasteiger partial charge in [-0.25, -0.2) is 0 Å². The molecule has 104 valence electrons. The van der Waals surface area contributed by atoms with E-state index >= 15 is 0 Å². The summed E-state index contributed by atoms with van der Waals surface area (Å²) in [5.41, 5.74) is -0.250. The monoisotopic (exact) mass is 282 g/mol. The van der Waals surface area contributed by atoms with Crippen LogP contribution in [-0.4, -0.2) is 30.1 Å². The lowest BCUT2D eigenvalue weighted by Crippen LogP contribution is -2.59. The van der Waals surface area contributed by atoms with Gasteiger partial charge >= 0.3 is 0 Å². The Labute approximate surface area is 118 Å². The van der Waals surface area contributed by atoms with E-state index in [4.69, 9.17) is 11.6 Å². The van der Waals surface area contributed by atoms with Crippen molar-refractivity contribution < 1.29 is 9.90 Å². The topological polar surface area (TPSA) is 61.4 Å². The van der Waals surface area contributed by atoms with Crippen LogP contribution < -0.4 is 10.6 Å². The second-order valence-electron chi connectivity index (χ2n) is 4.86. The van der Waals surface area contributed by atoms with E-state index in [1.165, 1.54) is 0 Å². The third-order valence-electron chi connectivity index (χ3n) is 3.61. The normalized spacial score (nSPS) is 27.0. The fourth-order valence-corrected chi connectivity index (χ4v) is 2.55. The van der Waals surface area contributed by atoms with E-state index in [2.05, 4.69) is 10.6 Å². The van der Waals surface area contributed by atoms with Crippen molar-refractivity contribution in [3.8, 4) is 0 Å². The molecule has 0 spiro atoms. The number of nitrogens with one attached hydrogen (secondary N) is 2. The zero-order chi connectivity index (χ0) is 13.9. The first-order valence-corrected chi connectivity index (χ1v) is 6.92. The second kappa shape index (κ2) is 5.90. The first kappa shape index (κ1) is 14.3. The van der Waals surface area contributed by atoms with Crippen LogP contribution in [0.1, 0.15) is 25.3 Å². The van der Waals surface area contributed by atoms with Gasteiger partial charge in [0.25, 0.3) is 0 Å². The maximum absolute atomic E-state index is 11.6. The van der Waals surface area contributed by atoms with E-state index in [9.17, 15) is 9.90 Å². The molecule has 2 rings (SSSR count). The number of rotatable bonds is 3. The van der Waals surface area contributed by atoms with E-state index < -0.39 is 5.60 Å². The quantitative estimate of drug-likeness (QED) is 0.786. The van der Waals surface area contributed by atoms with Crippen LogP contribution in [0.15, 0.2) is 24.3 Å². The molecule has 1 aromatic rings. The molecular weight excluding hydrogens is 264 g/mol. The molecule has 0 aromatic heterocycles. The van der Waals surface area contributed by atoms with Crippen molar-refractivity contribution >= 4 is 17.5 Å². The molecule has 4 nitrogen and oxygen atoms in total. The molecule has 1 aliphatic rings. The molecule has 1 heterocycles. The van der Waals surface area contributed by atoms with Crippen LogP contribution in [0, 0.1) is 0 Å². The van der Waals surface area contributed by atoms with E-state index in [0.29, 0.717) is 24.4 Å². The third kappa shape index (κ3) is 3.08. The summed E-state index contributed by atoms with van der Waals surface area (Å²) in [6.07, 6.45) is 0.969. The van der Waals surface area contributed by atoms with Gasteiger partial charge in [0, 0.05) is 18.0 Å². The average molecular weight is 283 g/mol. The summed E-state index contributed by atoms with van der Waals surface area (Å²) in [7, 11) is 0. The fraction of sp³-hybridized carbons (Fsp3) is 0.500. The van der Waals surface area contributed by atoms with Crippen molar-refractivity contribution in [2.75, 3.05) is 13.1 Å². The van der Waals surface area contributed by atoms with Crippen LogP contribution in [0.4, 0.5) is 0 Å². The predicted molar refractivity (Wildman–Crippen MR) is 75.1 cm³/mol. The largest absolute Gasteiger partial charge is 0.383 e. The number of carbonyl (C=O) groups is 1. The Bertz CT molecular complexity index is 449. The van der Waals surface area contributed by atoms with Crippen molar-refractivity contribution in [2.24, 2.45) is 0 Å². The highest BCUT2D eigenvalue weighted by Crippen LogP contribution is 2.31. The van der Waals surface area contributed by atoms with Crippen molar-refractivity contribution in [3.63, 3.8) is 0 Å². The van der Waals surface area contributed by atoms with Gasteiger partial charge in [0.15, 0.2) is 0 Å². The Kier molecular flexibility index (Phi) is 4.45. The zero-order valence-electron chi connectivity index (χ0n) is 10.9. The van der Waals surface area contributed by atoms with Crippen molar-refractivity contribution in [1.29, 1.82) is 0 Å². The molecule has 2 atom stereocenters. The van der Waals surface area contributed by atoms with Gasteiger partial charge in [0.2, 0.25) is 5.91 Å². The number of benzene rings is 1. The number of hydrogen-bond acceptors (Lipinski definition) is 3. The highest BCUT2D eigenvalue weighted by Gasteiger charge is 2.41. The first-order chi connectivity index (χ1) is 9.06. The molecule has 19 heavy (non-hydrogen) atoms. The van der Waals surface area contributed by atoms with Crippen LogP contribution in [0.25, 0.3) is 0 Å². The molecular formula is C14H19ClN2O2. The number of hydrogen-bond donors (Lipinski definition) is 3. The summed E-state index contributed by atoms with van der Waals surface area (Å²) in [6.45, 7) is 3.08. The average Bonchev–Trinajstić information content (AvgIpc) is 2.42. The molecule has 0 radical (unpaired) electrons. The molecule has 1 saturated heterocycles. The van der Waals surface area contributed by atoms with E-state index in [1.807, 2.05) is 12.1 Å². The lowest BCUT2D eigenvalue weighted by molar-refractivity contribution is -0.125. The van der Waals surface area contributed by atoms with Crippen LogP contribution in [0.5, 0.6) is 0 Å². The minimum Gasteiger partial charge on any atom is -0.383 e. The molecule has 1 aromatic carbocycles. The summed E-state index contributed by atoms with van der Waals surface area (Å²) < 4.78 is 0. The predicted octanol–water partition coefficient (Wildman–Crippen LogP) is 1.42. The fourth-order valence-electron chi connectivity index (χ4n) is 2.42. The van der Waals surface area contributed by atoms with Gasteiger partial charge < -0.3 is 15.7 Å². The van der Waals surface area contributed by atoms with Crippen LogP contribution in [0.3, 0.4) is 0 Å². The number of halogens is 1. The molecule has 1 aliphatic heterocycles. The van der Waals surface area contributed by atoms with Crippen LogP contribution >= 0.6 is 11.6 Å². The van der Waals surface area contributed by atoms with Crippen LogP contribution in [0.2, 0.25) is 5.02 Å². The van der Waals surface area contributed by atoms with Crippen molar-refractivity contribution in [1.82, 2.24) is 10.6 Å². The van der Waals surface area contributed by atoms with Gasteiger partial charge in [-0.1, -0.05) is 30.7 Å². The lowest BCUT2D eigenvalue weighted by atomic mass is 9.81. The van der Waals surface area contributed by atoms with E-state index in [0.717, 1.165) is 12.1 Å². The standard InChI is InChI=1S/C14H19ClN2O2/c1-2-13(18)17-12-9-16-8-7-14(12,19)10-3-5-11(15)6-4-10/h3-6,12,16,19H,2,7-9H2,1H3,(H,17,18). The Morgan fingerprint density at radius 3 is 2.84 bits per heavy atom. The van der Waals surface area contributed by atoms with Gasteiger partial charge in [-0.05, 0) is 30.7 Å². The number of amides is 1. The lowest BCUT2D eigenvalue weighted by Gasteiger charge is -2.41. The Morgan fingerprint density at radius 1 is 1.53 bits per heavy atom. The molecule has 1 amide bonds. The summed E-state index contributed by atoms with van der Waals surface area (Å²) in [5, 5.41) is 17.7. The number of carbonyl (C=O) groups excluding carboxylic acids is 1. The van der Waals surface area contributed by atoms with Gasteiger partial charge in [0.05, 0.1) is 6.04 Å². The van der Waals surface area contributed by atoms with Crippen LogP contribution in [-0.2, 0) is 10.4 Å². The zero-order valence-corrected chi connectivity index (χ0v) is 11.7. The van der Waals surface area contributed by atoms with Gasteiger partial charge in [-0.3, -0.25) is 4.79 Å². The highest BCUT2D eigenvalue weighted by molar-refractivity contribution is 6.30. The van der Waals surface area contributed by atoms with E-state index in [1.54, 1.807) is 19.1 Å². The summed E-state index contributed by atoms with van der Waals surface area (Å²) in [6, 6.07) is 6.83. The third-order valence-corrected chi connectivity index (χ3v) is 3.86. The van der Waals surface area contributed by atoms with E-state index in [-0.39, 0.29) is 11.9 Å². The Morgan fingerprint density at radius 2 is 2.21 bits per heavy atom. The molecule has 1 fully saturated rings. The SMILES string of the molecule is CCC(=O)NC1CNCCC1(O)c1ccc(Cl)cc1. The summed E-state index contributed by atoms with van der Waals surface area (Å²) >= 11 is 5.88. The maximum atomic E-state index is 11.6. The number of aliphatic hydroxyl groups is 1. The molecule has 0 bridgehead atoms. The Balaban J connectivity index is 2.25. The second-order valence-corrected chi connectivity index (χ2v) is 5.30. The molecule has 5 heteroatoms. The Hall–Kier alpha value is -1.10. The summed E-state index contributed by atoms with van der Waals surface area (Å²) in [4.78, 5) is 11.6. The molecule has 0 aliphatic carbocycles. The molecule has 3 N–H and O–H groups in total.